The summed E-state index contributed by atoms with van der Waals surface area (Å²) in [5, 5.41) is 0. The second-order valence-electron chi connectivity index (χ2n) is 0.816. The SMILES string of the molecule is O=S.O=S(=O)([O-])[O-].O=S(=O)([O-])[O-].[Ba+2].[Mg+2]. The van der Waals surface area contributed by atoms with Crippen LogP contribution in [0.2, 0.25) is 0 Å². The Bertz CT molecular complexity index is 229. The molecule has 0 saturated carbocycles. The smallest absolute Gasteiger partial charge is 0.759 e. The summed E-state index contributed by atoms with van der Waals surface area (Å²) in [6.07, 6.45) is 0. The molecule has 0 bridgehead atoms. The van der Waals surface area contributed by atoms with Crippen LogP contribution in [0.15, 0.2) is 0 Å². The Morgan fingerprint density at radius 1 is 0.714 bits per heavy atom. The van der Waals surface area contributed by atoms with Gasteiger partial charge in [0.15, 0.2) is 12.5 Å². The number of rotatable bonds is 0. The van der Waals surface area contributed by atoms with E-state index in [-0.39, 0.29) is 71.9 Å². The molecular weight excluding hydrogens is 402 g/mol. The van der Waals surface area contributed by atoms with Crippen LogP contribution in [0.25, 0.3) is 0 Å². The molecule has 0 aliphatic rings. The Morgan fingerprint density at radius 2 is 0.714 bits per heavy atom. The second kappa shape index (κ2) is 15.1. The van der Waals surface area contributed by atoms with Crippen molar-refractivity contribution in [3.63, 3.8) is 0 Å². The van der Waals surface area contributed by atoms with Crippen LogP contribution in [0, 0.1) is 0 Å². The summed E-state index contributed by atoms with van der Waals surface area (Å²) >= 11 is 2.83. The van der Waals surface area contributed by atoms with Gasteiger partial charge in [-0.3, -0.25) is 16.8 Å². The zero-order valence-electron chi connectivity index (χ0n) is 6.31. The molecule has 0 amide bonds. The second-order valence-corrected chi connectivity index (χ2v) is 2.45. The van der Waals surface area contributed by atoms with Gasteiger partial charge >= 0.3 is 71.9 Å². The summed E-state index contributed by atoms with van der Waals surface area (Å²) in [7, 11) is -10.3. The molecule has 0 aliphatic carbocycles. The van der Waals surface area contributed by atoms with Gasteiger partial charge in [0.1, 0.15) is 0 Å². The fourth-order valence-electron chi connectivity index (χ4n) is 0. The molecule has 0 rings (SSSR count). The van der Waals surface area contributed by atoms with Gasteiger partial charge in [-0.2, -0.15) is 4.21 Å². The Labute approximate surface area is 142 Å². The van der Waals surface area contributed by atoms with Gasteiger partial charge in [-0.25, -0.2) is 0 Å². The summed E-state index contributed by atoms with van der Waals surface area (Å²) < 4.78 is 76.0. The van der Waals surface area contributed by atoms with E-state index in [2.05, 4.69) is 12.5 Å². The maximum atomic E-state index is 8.52. The van der Waals surface area contributed by atoms with Gasteiger partial charge in [0, 0.05) is 20.8 Å². The predicted octanol–water partition coefficient (Wildman–Crippen LogP) is -3.77. The maximum absolute atomic E-state index is 8.52. The van der Waals surface area contributed by atoms with Gasteiger partial charge < -0.3 is 18.2 Å². The minimum absolute atomic E-state index is 0. The summed E-state index contributed by atoms with van der Waals surface area (Å²) in [5.41, 5.74) is 0. The molecule has 0 aromatic carbocycles. The minimum atomic E-state index is -5.17. The fourth-order valence-corrected chi connectivity index (χ4v) is 0. The van der Waals surface area contributed by atoms with Crippen molar-refractivity contribution in [1.29, 1.82) is 0 Å². The van der Waals surface area contributed by atoms with Crippen molar-refractivity contribution in [1.82, 2.24) is 0 Å². The van der Waals surface area contributed by atoms with E-state index in [4.69, 9.17) is 39.3 Å². The molecule has 0 unspecified atom stereocenters. The van der Waals surface area contributed by atoms with Gasteiger partial charge in [-0.05, 0) is 0 Å². The zero-order valence-corrected chi connectivity index (χ0v) is 14.6. The Morgan fingerprint density at radius 3 is 0.714 bits per heavy atom. The van der Waals surface area contributed by atoms with E-state index in [9.17, 15) is 0 Å². The van der Waals surface area contributed by atoms with Gasteiger partial charge in [-0.1, -0.05) is 0 Å². The van der Waals surface area contributed by atoms with Crippen LogP contribution in [0.4, 0.5) is 0 Å². The molecule has 0 aromatic rings. The van der Waals surface area contributed by atoms with Crippen LogP contribution in [0.1, 0.15) is 0 Å². The van der Waals surface area contributed by atoms with Crippen LogP contribution >= 0.6 is 0 Å². The first-order chi connectivity index (χ1) is 5.00. The third-order valence-electron chi connectivity index (χ3n) is 0. The van der Waals surface area contributed by atoms with Gasteiger partial charge in [0.2, 0.25) is 0 Å². The first kappa shape index (κ1) is 29.8. The molecule has 0 fully saturated rings. The van der Waals surface area contributed by atoms with E-state index >= 15 is 0 Å². The van der Waals surface area contributed by atoms with Crippen LogP contribution in [0.3, 0.4) is 0 Å². The molecule has 76 valence electrons. The minimum Gasteiger partial charge on any atom is -0.759 e. The summed E-state index contributed by atoms with van der Waals surface area (Å²) in [6.45, 7) is 0. The molecule has 0 atom stereocenters. The van der Waals surface area contributed by atoms with Gasteiger partial charge in [0.25, 0.3) is 0 Å². The molecule has 0 spiro atoms. The van der Waals surface area contributed by atoms with Crippen molar-refractivity contribution in [3.8, 4) is 0 Å². The van der Waals surface area contributed by atoms with Crippen molar-refractivity contribution in [2.45, 2.75) is 0 Å². The molecular formula is BaMgO9S3. The first-order valence-corrected chi connectivity index (χ1v) is 4.50. The van der Waals surface area contributed by atoms with Gasteiger partial charge in [-0.15, -0.1) is 0 Å². The third kappa shape index (κ3) is 550. The maximum Gasteiger partial charge on any atom is 2.00 e. The van der Waals surface area contributed by atoms with E-state index in [0.29, 0.717) is 0 Å². The van der Waals surface area contributed by atoms with Crippen molar-refractivity contribution in [2.75, 3.05) is 0 Å². The van der Waals surface area contributed by atoms with E-state index in [0.717, 1.165) is 0 Å². The standard InChI is InChI=1S/Ba.Mg.2H2O4S.OS/c;;2*1-5(2,3)4;1-2/h;;2*(H2,1,2,3,4);/q2*+2;;;/p-4. The van der Waals surface area contributed by atoms with Crippen LogP contribution in [-0.4, -0.2) is 111 Å². The van der Waals surface area contributed by atoms with E-state index < -0.39 is 20.8 Å². The third-order valence-corrected chi connectivity index (χ3v) is 0. The van der Waals surface area contributed by atoms with Crippen LogP contribution in [-0.2, 0) is 33.3 Å². The first-order valence-electron chi connectivity index (χ1n) is 1.50. The average Bonchev–Trinajstić information content (AvgIpc) is 1.59. The van der Waals surface area contributed by atoms with Crippen molar-refractivity contribution in [3.05, 3.63) is 0 Å². The average molecular weight is 402 g/mol. The Balaban J connectivity index is -0.0000000292. The summed E-state index contributed by atoms with van der Waals surface area (Å²) in [6, 6.07) is 0. The zero-order chi connectivity index (χ0) is 11.0. The number of hydrogen-bond acceptors (Lipinski definition) is 10. The summed E-state index contributed by atoms with van der Waals surface area (Å²) in [5.74, 6) is 0. The quantitative estimate of drug-likeness (QED) is 0.222. The van der Waals surface area contributed by atoms with Crippen LogP contribution in [0.5, 0.6) is 0 Å². The summed E-state index contributed by atoms with van der Waals surface area (Å²) in [4.78, 5) is 0. The predicted molar refractivity (Wildman–Crippen MR) is 40.6 cm³/mol. The molecule has 0 radical (unpaired) electrons. The van der Waals surface area contributed by atoms with Crippen molar-refractivity contribution < 1.29 is 39.3 Å². The molecule has 9 nitrogen and oxygen atoms in total. The van der Waals surface area contributed by atoms with Gasteiger partial charge in [0.05, 0.1) is 0 Å². The van der Waals surface area contributed by atoms with E-state index in [1.54, 1.807) is 0 Å². The molecule has 14 heavy (non-hydrogen) atoms. The van der Waals surface area contributed by atoms with E-state index in [1.807, 2.05) is 0 Å². The monoisotopic (exact) mass is 402 g/mol. The van der Waals surface area contributed by atoms with E-state index in [1.165, 1.54) is 0 Å². The van der Waals surface area contributed by atoms with Crippen molar-refractivity contribution in [2.24, 2.45) is 0 Å². The van der Waals surface area contributed by atoms with Crippen LogP contribution < -0.4 is 0 Å². The fraction of sp³-hybridized carbons (Fsp3) is 0. The Kier molecular flexibility index (Phi) is 32.1. The molecule has 0 N–H and O–H groups in total. The molecule has 0 aliphatic heterocycles. The molecule has 0 heterocycles. The number of hydrogen-bond donors (Lipinski definition) is 0. The van der Waals surface area contributed by atoms with Crippen molar-refractivity contribution >= 4 is 105 Å². The normalized spacial score (nSPS) is 8.57. The molecule has 0 aromatic heterocycles. The largest absolute Gasteiger partial charge is 2.00 e. The Hall–Kier alpha value is 2.10. The topological polar surface area (TPSA) is 178 Å². The molecule has 0 saturated heterocycles. The molecule has 14 heteroatoms.